The summed E-state index contributed by atoms with van der Waals surface area (Å²) in [6.07, 6.45) is -4.27. The van der Waals surface area contributed by atoms with E-state index in [1.54, 1.807) is 42.5 Å². The number of nitrogens with one attached hydrogen (secondary N) is 1. The van der Waals surface area contributed by atoms with Crippen molar-refractivity contribution in [3.05, 3.63) is 83.7 Å². The molecular weight excluding hydrogens is 460 g/mol. The molecule has 0 atom stereocenters. The van der Waals surface area contributed by atoms with Crippen LogP contribution in [0.5, 0.6) is 0 Å². The normalized spacial score (nSPS) is 11.3. The smallest absolute Gasteiger partial charge is 0.309 e. The van der Waals surface area contributed by atoms with Gasteiger partial charge in [0.1, 0.15) is 5.82 Å². The third-order valence-corrected chi connectivity index (χ3v) is 5.26. The summed E-state index contributed by atoms with van der Waals surface area (Å²) in [5.41, 5.74) is 1.14. The highest BCUT2D eigenvalue weighted by Crippen LogP contribution is 2.33. The minimum atomic E-state index is -4.88. The van der Waals surface area contributed by atoms with Gasteiger partial charge in [0.15, 0.2) is 0 Å². The second kappa shape index (κ2) is 11.0. The van der Waals surface area contributed by atoms with Crippen LogP contribution in [0.3, 0.4) is 0 Å². The quantitative estimate of drug-likeness (QED) is 0.396. The highest BCUT2D eigenvalue weighted by molar-refractivity contribution is 6.01. The fourth-order valence-electron chi connectivity index (χ4n) is 3.51. The van der Waals surface area contributed by atoms with E-state index >= 15 is 0 Å². The number of alkyl halides is 3. The minimum Gasteiger partial charge on any atom is -0.309 e. The Kier molecular flexibility index (Phi) is 8.10. The zero-order valence-electron chi connectivity index (χ0n) is 19.2. The number of carbonyl (C=O) groups excluding carboxylic acids is 1. The molecule has 0 bridgehead atoms. The molecule has 9 heteroatoms. The molecule has 1 N–H and O–H groups in total. The van der Waals surface area contributed by atoms with Crippen LogP contribution >= 0.6 is 0 Å². The molecule has 3 aromatic rings. The number of nitrogens with zero attached hydrogens (tertiary/aromatic N) is 3. The van der Waals surface area contributed by atoms with Crippen LogP contribution in [0, 0.1) is 17.1 Å². The lowest BCUT2D eigenvalue weighted by atomic mass is 10.0. The Morgan fingerprint density at radius 3 is 2.31 bits per heavy atom. The van der Waals surface area contributed by atoms with Crippen LogP contribution in [0.2, 0.25) is 0 Å². The number of carbonyl (C=O) groups is 1. The van der Waals surface area contributed by atoms with Gasteiger partial charge in [-0.25, -0.2) is 9.18 Å². The molecule has 0 aromatic heterocycles. The van der Waals surface area contributed by atoms with Crippen LogP contribution < -0.4 is 10.2 Å². The molecule has 0 fully saturated rings. The van der Waals surface area contributed by atoms with E-state index in [1.165, 1.54) is 4.90 Å². The van der Waals surface area contributed by atoms with Gasteiger partial charge in [-0.1, -0.05) is 24.3 Å². The zero-order chi connectivity index (χ0) is 25.6. The van der Waals surface area contributed by atoms with Crippen molar-refractivity contribution in [2.45, 2.75) is 12.6 Å². The van der Waals surface area contributed by atoms with Crippen LogP contribution in [0.15, 0.2) is 66.7 Å². The fraction of sp³-hybridized carbons (Fsp3) is 0.231. The minimum absolute atomic E-state index is 0.161. The maximum Gasteiger partial charge on any atom is 0.419 e. The first-order valence-electron chi connectivity index (χ1n) is 10.8. The summed E-state index contributed by atoms with van der Waals surface area (Å²) in [6.45, 7) is 0.998. The highest BCUT2D eigenvalue weighted by Gasteiger charge is 2.34. The molecule has 3 rings (SSSR count). The molecule has 0 aliphatic rings. The Hall–Kier alpha value is -3.90. The number of hydrogen-bond acceptors (Lipinski definition) is 3. The molecule has 182 valence electrons. The molecule has 0 aliphatic heterocycles. The van der Waals surface area contributed by atoms with E-state index < -0.39 is 23.6 Å². The highest BCUT2D eigenvalue weighted by atomic mass is 19.4. The van der Waals surface area contributed by atoms with E-state index in [9.17, 15) is 22.4 Å². The second-order valence-electron chi connectivity index (χ2n) is 8.17. The summed E-state index contributed by atoms with van der Waals surface area (Å²) < 4.78 is 52.8. The molecule has 5 nitrogen and oxygen atoms in total. The van der Waals surface area contributed by atoms with Crippen molar-refractivity contribution in [2.75, 3.05) is 37.4 Å². The van der Waals surface area contributed by atoms with E-state index in [1.807, 2.05) is 25.1 Å². The number of benzene rings is 3. The summed E-state index contributed by atoms with van der Waals surface area (Å²) in [7, 11) is 3.79. The number of hydrogen-bond donors (Lipinski definition) is 1. The first-order valence-corrected chi connectivity index (χ1v) is 10.8. The molecule has 0 aliphatic carbocycles. The van der Waals surface area contributed by atoms with Crippen LogP contribution in [0.1, 0.15) is 17.5 Å². The van der Waals surface area contributed by atoms with Gasteiger partial charge >= 0.3 is 12.2 Å². The largest absolute Gasteiger partial charge is 0.419 e. The van der Waals surface area contributed by atoms with Gasteiger partial charge in [-0.05, 0) is 80.7 Å². The first-order chi connectivity index (χ1) is 16.6. The molecule has 35 heavy (non-hydrogen) atoms. The van der Waals surface area contributed by atoms with Crippen molar-refractivity contribution in [1.82, 2.24) is 4.90 Å². The van der Waals surface area contributed by atoms with Gasteiger partial charge in [0, 0.05) is 17.9 Å². The van der Waals surface area contributed by atoms with E-state index in [0.29, 0.717) is 42.9 Å². The molecule has 0 saturated carbocycles. The summed E-state index contributed by atoms with van der Waals surface area (Å²) in [5, 5.41) is 11.6. The number of amides is 2. The topological polar surface area (TPSA) is 59.4 Å². The molecular formula is C26H24F4N4O. The van der Waals surface area contributed by atoms with Crippen molar-refractivity contribution >= 4 is 17.4 Å². The summed E-state index contributed by atoms with van der Waals surface area (Å²) in [4.78, 5) is 16.4. The van der Waals surface area contributed by atoms with Crippen LogP contribution in [0.4, 0.5) is 33.7 Å². The number of urea groups is 1. The van der Waals surface area contributed by atoms with E-state index in [-0.39, 0.29) is 5.69 Å². The van der Waals surface area contributed by atoms with Crippen molar-refractivity contribution in [2.24, 2.45) is 0 Å². The SMILES string of the molecule is CN(C)CCCN(C(=O)Nc1ccc(F)c(C(F)(F)F)c1)c1ccc(-c2cccc(C#N)c2)cc1. The van der Waals surface area contributed by atoms with Crippen LogP contribution in [-0.4, -0.2) is 38.1 Å². The Labute approximate surface area is 201 Å². The Bertz CT molecular complexity index is 1220. The lowest BCUT2D eigenvalue weighted by molar-refractivity contribution is -0.139. The lowest BCUT2D eigenvalue weighted by Gasteiger charge is -2.24. The van der Waals surface area contributed by atoms with Crippen LogP contribution in [0.25, 0.3) is 11.1 Å². The predicted molar refractivity (Wildman–Crippen MR) is 128 cm³/mol. The fourth-order valence-corrected chi connectivity index (χ4v) is 3.51. The standard InChI is InChI=1S/C26H24F4N4O/c1-33(2)13-4-14-34(25(35)32-21-9-12-24(27)23(16-21)26(28,29)30)22-10-7-19(8-11-22)20-6-3-5-18(15-20)17-31/h3,5-12,15-16H,4,13-14H2,1-2H3,(H,32,35). The average molecular weight is 484 g/mol. The van der Waals surface area contributed by atoms with Gasteiger partial charge in [-0.2, -0.15) is 18.4 Å². The molecule has 0 spiro atoms. The zero-order valence-corrected chi connectivity index (χ0v) is 19.2. The summed E-state index contributed by atoms with van der Waals surface area (Å²) in [5.74, 6) is -1.41. The first kappa shape index (κ1) is 25.7. The number of rotatable bonds is 7. The summed E-state index contributed by atoms with van der Waals surface area (Å²) in [6, 6.07) is 18.0. The Morgan fingerprint density at radius 2 is 1.69 bits per heavy atom. The van der Waals surface area contributed by atoms with Gasteiger partial charge in [-0.15, -0.1) is 0 Å². The molecule has 3 aromatic carbocycles. The lowest BCUT2D eigenvalue weighted by Crippen LogP contribution is -2.37. The monoisotopic (exact) mass is 484 g/mol. The third kappa shape index (κ3) is 6.80. The van der Waals surface area contributed by atoms with Gasteiger partial charge in [0.25, 0.3) is 0 Å². The van der Waals surface area contributed by atoms with Crippen molar-refractivity contribution < 1.29 is 22.4 Å². The molecule has 0 radical (unpaired) electrons. The second-order valence-corrected chi connectivity index (χ2v) is 8.17. The number of nitriles is 1. The molecule has 0 heterocycles. The maximum absolute atomic E-state index is 13.6. The van der Waals surface area contributed by atoms with Crippen molar-refractivity contribution in [3.63, 3.8) is 0 Å². The number of anilines is 2. The van der Waals surface area contributed by atoms with E-state index in [4.69, 9.17) is 5.26 Å². The van der Waals surface area contributed by atoms with Gasteiger partial charge < -0.3 is 10.2 Å². The molecule has 0 unspecified atom stereocenters. The third-order valence-electron chi connectivity index (χ3n) is 5.26. The number of halogens is 4. The van der Waals surface area contributed by atoms with Gasteiger partial charge in [0.2, 0.25) is 0 Å². The Balaban J connectivity index is 1.86. The van der Waals surface area contributed by atoms with Crippen molar-refractivity contribution in [1.29, 1.82) is 5.26 Å². The molecule has 0 saturated heterocycles. The average Bonchev–Trinajstić information content (AvgIpc) is 2.82. The maximum atomic E-state index is 13.6. The Morgan fingerprint density at radius 1 is 0.971 bits per heavy atom. The van der Waals surface area contributed by atoms with E-state index in [0.717, 1.165) is 17.2 Å². The van der Waals surface area contributed by atoms with Gasteiger partial charge in [0.05, 0.1) is 17.2 Å². The summed E-state index contributed by atoms with van der Waals surface area (Å²) >= 11 is 0. The van der Waals surface area contributed by atoms with Crippen LogP contribution in [-0.2, 0) is 6.18 Å². The van der Waals surface area contributed by atoms with Gasteiger partial charge in [-0.3, -0.25) is 4.90 Å². The predicted octanol–water partition coefficient (Wildman–Crippen LogP) is 6.37. The molecule has 2 amide bonds. The van der Waals surface area contributed by atoms with E-state index in [2.05, 4.69) is 11.4 Å². The van der Waals surface area contributed by atoms with Crippen molar-refractivity contribution in [3.8, 4) is 17.2 Å².